The minimum atomic E-state index is -1.56. The van der Waals surface area contributed by atoms with Crippen LogP contribution >= 0.6 is 18.6 Å². The number of unbranched alkanes of at least 4 members (excludes halogenated alkanes) is 1. The van der Waals surface area contributed by atoms with Gasteiger partial charge in [-0.3, -0.25) is 0 Å². The van der Waals surface area contributed by atoms with Crippen LogP contribution in [-0.4, -0.2) is 7.11 Å². The van der Waals surface area contributed by atoms with Gasteiger partial charge in [0, 0.05) is 22.0 Å². The van der Waals surface area contributed by atoms with Crippen LogP contribution in [0.15, 0.2) is 56.9 Å². The third-order valence-electron chi connectivity index (χ3n) is 4.67. The van der Waals surface area contributed by atoms with Crippen molar-refractivity contribution in [2.75, 3.05) is 7.11 Å². The first kappa shape index (κ1) is 17.3. The van der Waals surface area contributed by atoms with E-state index in [2.05, 4.69) is 25.1 Å². The average Bonchev–Trinajstić information content (AvgIpc) is 2.81. The van der Waals surface area contributed by atoms with E-state index in [0.29, 0.717) is 0 Å². The standard InChI is InChI=1S/C21H20ClO3P/c1-3-4-7-15-12-16(23-2)13-18-20-17-9-6-5-8-14(17)10-11-19(20)24-26(22)25-21(15)18/h5-6,8-13H,3-4,7H2,1-2H3. The van der Waals surface area contributed by atoms with Gasteiger partial charge in [0.05, 0.1) is 7.11 Å². The fraction of sp³-hybridized carbons (Fsp3) is 0.238. The van der Waals surface area contributed by atoms with Crippen LogP contribution in [0.1, 0.15) is 25.3 Å². The molecule has 0 aliphatic heterocycles. The Bertz CT molecular complexity index is 1130. The Labute approximate surface area is 157 Å². The number of halogens is 1. The van der Waals surface area contributed by atoms with Gasteiger partial charge in [0.2, 0.25) is 0 Å². The lowest BCUT2D eigenvalue weighted by molar-refractivity contribution is 0.414. The summed E-state index contributed by atoms with van der Waals surface area (Å²) >= 11 is 6.40. The lowest BCUT2D eigenvalue weighted by atomic mass is 9.99. The zero-order valence-corrected chi connectivity index (χ0v) is 16.4. The molecule has 1 atom stereocenters. The molecule has 0 fully saturated rings. The molecule has 3 nitrogen and oxygen atoms in total. The van der Waals surface area contributed by atoms with Gasteiger partial charge in [-0.2, -0.15) is 0 Å². The highest BCUT2D eigenvalue weighted by Gasteiger charge is 2.14. The Kier molecular flexibility index (Phi) is 4.84. The lowest BCUT2D eigenvalue weighted by Crippen LogP contribution is -1.90. The molecule has 5 heteroatoms. The third kappa shape index (κ3) is 3.06. The molecule has 134 valence electrons. The summed E-state index contributed by atoms with van der Waals surface area (Å²) in [6.07, 6.45) is 3.10. The van der Waals surface area contributed by atoms with E-state index in [4.69, 9.17) is 24.4 Å². The molecule has 0 N–H and O–H groups in total. The van der Waals surface area contributed by atoms with Crippen molar-refractivity contribution >= 4 is 51.3 Å². The number of ether oxygens (including phenoxy) is 1. The van der Waals surface area contributed by atoms with Gasteiger partial charge in [0.25, 0.3) is 0 Å². The SMILES string of the molecule is CCCCc1cc(OC)cc2c1op(Cl)oc1ccc3ccccc3c12. The van der Waals surface area contributed by atoms with Crippen LogP contribution in [0.4, 0.5) is 0 Å². The molecule has 0 saturated heterocycles. The summed E-state index contributed by atoms with van der Waals surface area (Å²) in [5, 5.41) is 4.26. The maximum Gasteiger partial charge on any atom is 0.327 e. The summed E-state index contributed by atoms with van der Waals surface area (Å²) in [6.45, 7) is 2.18. The lowest BCUT2D eigenvalue weighted by Gasteiger charge is -2.08. The number of hydrogen-bond acceptors (Lipinski definition) is 3. The predicted molar refractivity (Wildman–Crippen MR) is 110 cm³/mol. The molecule has 4 aromatic rings. The van der Waals surface area contributed by atoms with Crippen LogP contribution in [0.5, 0.6) is 5.75 Å². The van der Waals surface area contributed by atoms with Crippen LogP contribution in [0.25, 0.3) is 32.7 Å². The molecule has 0 spiro atoms. The molecular weight excluding hydrogens is 367 g/mol. The number of benzene rings is 3. The molecule has 0 radical (unpaired) electrons. The number of methoxy groups -OCH3 is 1. The Morgan fingerprint density at radius 3 is 2.69 bits per heavy atom. The van der Waals surface area contributed by atoms with Crippen molar-refractivity contribution in [1.82, 2.24) is 0 Å². The van der Waals surface area contributed by atoms with Gasteiger partial charge in [-0.15, -0.1) is 0 Å². The second-order valence-corrected chi connectivity index (χ2v) is 7.94. The first-order chi connectivity index (χ1) is 12.7. The molecule has 1 heterocycles. The number of rotatable bonds is 4. The second kappa shape index (κ2) is 7.26. The molecule has 0 aliphatic carbocycles. The van der Waals surface area contributed by atoms with Crippen molar-refractivity contribution in [3.05, 3.63) is 54.1 Å². The number of aryl methyl sites for hydroxylation is 1. The molecule has 0 aliphatic rings. The topological polar surface area (TPSA) is 35.5 Å². The van der Waals surface area contributed by atoms with E-state index in [0.717, 1.165) is 63.3 Å². The Morgan fingerprint density at radius 1 is 1.04 bits per heavy atom. The van der Waals surface area contributed by atoms with Gasteiger partial charge in [0.15, 0.2) is 0 Å². The smallest absolute Gasteiger partial charge is 0.327 e. The third-order valence-corrected chi connectivity index (χ3v) is 5.75. The number of fused-ring (bicyclic) bond motifs is 5. The number of hydrogen-bond donors (Lipinski definition) is 0. The van der Waals surface area contributed by atoms with E-state index < -0.39 is 7.37 Å². The van der Waals surface area contributed by atoms with Gasteiger partial charge >= 0.3 is 7.37 Å². The fourth-order valence-electron chi connectivity index (χ4n) is 3.40. The van der Waals surface area contributed by atoms with E-state index in [-0.39, 0.29) is 0 Å². The minimum Gasteiger partial charge on any atom is -0.497 e. The molecule has 3 aromatic carbocycles. The molecule has 1 aromatic heterocycles. The molecule has 0 saturated carbocycles. The van der Waals surface area contributed by atoms with E-state index in [1.54, 1.807) is 7.11 Å². The van der Waals surface area contributed by atoms with Crippen molar-refractivity contribution in [2.24, 2.45) is 0 Å². The summed E-state index contributed by atoms with van der Waals surface area (Å²) in [5.41, 5.74) is 2.67. The summed E-state index contributed by atoms with van der Waals surface area (Å²) in [4.78, 5) is 0. The van der Waals surface area contributed by atoms with E-state index >= 15 is 0 Å². The molecule has 4 rings (SSSR count). The highest BCUT2D eigenvalue weighted by atomic mass is 35.7. The summed E-state index contributed by atoms with van der Waals surface area (Å²) in [5.74, 6) is 0.818. The molecule has 1 unspecified atom stereocenters. The fourth-order valence-corrected chi connectivity index (χ4v) is 4.53. The Hall–Kier alpha value is -2.09. The predicted octanol–water partition coefficient (Wildman–Crippen LogP) is 7.80. The van der Waals surface area contributed by atoms with Crippen LogP contribution in [-0.2, 0) is 6.42 Å². The largest absolute Gasteiger partial charge is 0.497 e. The molecule has 26 heavy (non-hydrogen) atoms. The van der Waals surface area contributed by atoms with Crippen molar-refractivity contribution < 1.29 is 13.1 Å². The van der Waals surface area contributed by atoms with Crippen LogP contribution in [0.2, 0.25) is 0 Å². The van der Waals surface area contributed by atoms with Gasteiger partial charge in [0.1, 0.15) is 16.9 Å². The summed E-state index contributed by atoms with van der Waals surface area (Å²) in [6, 6.07) is 16.4. The first-order valence-electron chi connectivity index (χ1n) is 8.76. The summed E-state index contributed by atoms with van der Waals surface area (Å²) in [7, 11) is 0.132. The van der Waals surface area contributed by atoms with Crippen LogP contribution in [0, 0.1) is 0 Å². The van der Waals surface area contributed by atoms with Crippen molar-refractivity contribution in [2.45, 2.75) is 26.2 Å². The van der Waals surface area contributed by atoms with Gasteiger partial charge in [-0.05, 0) is 47.4 Å². The van der Waals surface area contributed by atoms with Gasteiger partial charge in [-0.25, -0.2) is 0 Å². The minimum absolute atomic E-state index is 0.748. The average molecular weight is 387 g/mol. The van der Waals surface area contributed by atoms with Gasteiger partial charge in [-0.1, -0.05) is 43.7 Å². The molecule has 0 amide bonds. The van der Waals surface area contributed by atoms with Crippen molar-refractivity contribution in [3.8, 4) is 5.75 Å². The van der Waals surface area contributed by atoms with E-state index in [1.807, 2.05) is 30.3 Å². The van der Waals surface area contributed by atoms with Crippen LogP contribution in [0.3, 0.4) is 0 Å². The zero-order chi connectivity index (χ0) is 18.1. The Balaban J connectivity index is 2.24. The molecular formula is C21H20ClO3P. The van der Waals surface area contributed by atoms with E-state index in [9.17, 15) is 0 Å². The first-order valence-corrected chi connectivity index (χ1v) is 10.8. The quantitative estimate of drug-likeness (QED) is 0.359. The maximum absolute atomic E-state index is 6.40. The Morgan fingerprint density at radius 2 is 1.88 bits per heavy atom. The zero-order valence-electron chi connectivity index (χ0n) is 14.8. The highest BCUT2D eigenvalue weighted by Crippen LogP contribution is 2.42. The monoisotopic (exact) mass is 386 g/mol. The maximum atomic E-state index is 6.40. The van der Waals surface area contributed by atoms with Crippen molar-refractivity contribution in [3.63, 3.8) is 0 Å². The second-order valence-electron chi connectivity index (χ2n) is 6.32. The molecule has 0 bridgehead atoms. The van der Waals surface area contributed by atoms with Crippen LogP contribution < -0.4 is 4.74 Å². The normalized spacial score (nSPS) is 12.0. The highest BCUT2D eigenvalue weighted by molar-refractivity contribution is 7.68. The summed E-state index contributed by atoms with van der Waals surface area (Å²) < 4.78 is 17.6. The van der Waals surface area contributed by atoms with Gasteiger partial charge < -0.3 is 13.1 Å². The van der Waals surface area contributed by atoms with Crippen molar-refractivity contribution in [1.29, 1.82) is 0 Å². The van der Waals surface area contributed by atoms with E-state index in [1.165, 1.54) is 0 Å².